The molecule has 6 heteroatoms. The van der Waals surface area contributed by atoms with Gasteiger partial charge in [-0.3, -0.25) is 14.4 Å². The quantitative estimate of drug-likeness (QED) is 0.842. The molecule has 1 aliphatic rings. The fourth-order valence-electron chi connectivity index (χ4n) is 2.35. The summed E-state index contributed by atoms with van der Waals surface area (Å²) in [5.74, 6) is -0.105. The average Bonchev–Trinajstić information content (AvgIpc) is 2.99. The van der Waals surface area contributed by atoms with E-state index in [-0.39, 0.29) is 24.2 Å². The lowest BCUT2D eigenvalue weighted by Crippen LogP contribution is -2.32. The second-order valence-corrected chi connectivity index (χ2v) is 5.32. The Bertz CT molecular complexity index is 592. The molecule has 1 saturated heterocycles. The summed E-state index contributed by atoms with van der Waals surface area (Å²) in [6.45, 7) is 4.25. The van der Waals surface area contributed by atoms with Crippen LogP contribution in [0.4, 0.5) is 5.69 Å². The zero-order valence-electron chi connectivity index (χ0n) is 12.8. The Labute approximate surface area is 129 Å². The number of Topliss-reactive ketones (excluding diaryl/α,β-unsaturated/α-hetero) is 1. The fourth-order valence-corrected chi connectivity index (χ4v) is 2.35. The molecule has 0 bridgehead atoms. The molecular weight excluding hydrogens is 284 g/mol. The van der Waals surface area contributed by atoms with Crippen molar-refractivity contribution in [3.05, 3.63) is 23.8 Å². The van der Waals surface area contributed by atoms with E-state index < -0.39 is 0 Å². The lowest BCUT2D eigenvalue weighted by Gasteiger charge is -2.17. The Kier molecular flexibility index (Phi) is 5.14. The third-order valence-electron chi connectivity index (χ3n) is 3.51. The summed E-state index contributed by atoms with van der Waals surface area (Å²) in [6, 6.07) is 4.77. The molecule has 2 amide bonds. The molecule has 0 unspecified atom stereocenters. The van der Waals surface area contributed by atoms with Crippen molar-refractivity contribution in [3.63, 3.8) is 0 Å². The molecule has 22 heavy (non-hydrogen) atoms. The van der Waals surface area contributed by atoms with Crippen LogP contribution in [-0.2, 0) is 9.59 Å². The van der Waals surface area contributed by atoms with Crippen LogP contribution in [-0.4, -0.2) is 42.2 Å². The molecule has 0 aliphatic carbocycles. The van der Waals surface area contributed by atoms with Gasteiger partial charge in [-0.2, -0.15) is 0 Å². The average molecular weight is 304 g/mol. The van der Waals surface area contributed by atoms with Gasteiger partial charge < -0.3 is 15.0 Å². The molecule has 1 N–H and O–H groups in total. The molecule has 0 saturated carbocycles. The van der Waals surface area contributed by atoms with E-state index in [1.165, 1.54) is 13.8 Å². The van der Waals surface area contributed by atoms with Crippen LogP contribution in [0.15, 0.2) is 18.2 Å². The summed E-state index contributed by atoms with van der Waals surface area (Å²) in [5.41, 5.74) is 0.921. The molecular formula is C16H20N2O4. The maximum atomic E-state index is 12.0. The van der Waals surface area contributed by atoms with Gasteiger partial charge in [0, 0.05) is 25.6 Å². The van der Waals surface area contributed by atoms with Gasteiger partial charge in [0.05, 0.1) is 5.69 Å². The highest BCUT2D eigenvalue weighted by Crippen LogP contribution is 2.26. The monoisotopic (exact) mass is 304 g/mol. The van der Waals surface area contributed by atoms with Gasteiger partial charge in [-0.1, -0.05) is 0 Å². The zero-order valence-corrected chi connectivity index (χ0v) is 12.8. The number of rotatable bonds is 5. The Morgan fingerprint density at radius 2 is 1.86 bits per heavy atom. The molecule has 1 aromatic rings. The van der Waals surface area contributed by atoms with Gasteiger partial charge in [-0.25, -0.2) is 0 Å². The molecule has 0 aromatic heterocycles. The molecule has 0 radical (unpaired) electrons. The second-order valence-electron chi connectivity index (χ2n) is 5.32. The Hall–Kier alpha value is -2.37. The molecule has 1 heterocycles. The largest absolute Gasteiger partial charge is 0.482 e. The summed E-state index contributed by atoms with van der Waals surface area (Å²) in [4.78, 5) is 36.5. The van der Waals surface area contributed by atoms with Crippen molar-refractivity contribution >= 4 is 23.3 Å². The van der Waals surface area contributed by atoms with E-state index >= 15 is 0 Å². The minimum Gasteiger partial charge on any atom is -0.482 e. The van der Waals surface area contributed by atoms with Crippen molar-refractivity contribution in [1.29, 1.82) is 0 Å². The Balaban J connectivity index is 2.11. The van der Waals surface area contributed by atoms with Crippen molar-refractivity contribution in [3.8, 4) is 5.75 Å². The number of likely N-dealkylation sites (tertiary alicyclic amines) is 1. The van der Waals surface area contributed by atoms with Crippen molar-refractivity contribution in [2.75, 3.05) is 25.0 Å². The molecule has 0 spiro atoms. The highest BCUT2D eigenvalue weighted by Gasteiger charge is 2.19. The van der Waals surface area contributed by atoms with Gasteiger partial charge in [0.1, 0.15) is 5.75 Å². The van der Waals surface area contributed by atoms with Gasteiger partial charge in [0.15, 0.2) is 12.4 Å². The highest BCUT2D eigenvalue weighted by molar-refractivity contribution is 5.96. The summed E-state index contributed by atoms with van der Waals surface area (Å²) in [5, 5.41) is 2.63. The van der Waals surface area contributed by atoms with Crippen molar-refractivity contribution in [2.24, 2.45) is 0 Å². The van der Waals surface area contributed by atoms with Gasteiger partial charge in [0.25, 0.3) is 5.91 Å². The number of ether oxygens (including phenoxy) is 1. The van der Waals surface area contributed by atoms with Crippen molar-refractivity contribution in [1.82, 2.24) is 4.90 Å². The third kappa shape index (κ3) is 4.07. The number of benzene rings is 1. The number of hydrogen-bond acceptors (Lipinski definition) is 4. The van der Waals surface area contributed by atoms with E-state index in [1.54, 1.807) is 23.1 Å². The second kappa shape index (κ2) is 7.06. The van der Waals surface area contributed by atoms with Crippen LogP contribution in [0.1, 0.15) is 37.0 Å². The van der Waals surface area contributed by atoms with E-state index in [2.05, 4.69) is 5.32 Å². The van der Waals surface area contributed by atoms with E-state index in [9.17, 15) is 14.4 Å². The minimum atomic E-state index is -0.244. The van der Waals surface area contributed by atoms with Gasteiger partial charge >= 0.3 is 0 Å². The van der Waals surface area contributed by atoms with Gasteiger partial charge in [0.2, 0.25) is 5.91 Å². The lowest BCUT2D eigenvalue weighted by atomic mass is 10.1. The van der Waals surface area contributed by atoms with Crippen LogP contribution in [0.25, 0.3) is 0 Å². The highest BCUT2D eigenvalue weighted by atomic mass is 16.5. The first-order chi connectivity index (χ1) is 10.5. The number of anilines is 1. The standard InChI is InChI=1S/C16H20N2O4/c1-11(19)13-5-6-14(17-12(2)20)15(9-13)22-10-16(21)18-7-3-4-8-18/h5-6,9H,3-4,7-8,10H2,1-2H3,(H,17,20). The van der Waals surface area contributed by atoms with E-state index in [0.717, 1.165) is 25.9 Å². The zero-order chi connectivity index (χ0) is 16.1. The van der Waals surface area contributed by atoms with Gasteiger partial charge in [-0.15, -0.1) is 0 Å². The van der Waals surface area contributed by atoms with E-state index in [1.807, 2.05) is 0 Å². The molecule has 1 aromatic carbocycles. The smallest absolute Gasteiger partial charge is 0.260 e. The predicted molar refractivity (Wildman–Crippen MR) is 82.1 cm³/mol. The van der Waals surface area contributed by atoms with Crippen LogP contribution >= 0.6 is 0 Å². The maximum absolute atomic E-state index is 12.0. The number of nitrogens with one attached hydrogen (secondary N) is 1. The first kappa shape index (κ1) is 16.0. The maximum Gasteiger partial charge on any atom is 0.260 e. The third-order valence-corrected chi connectivity index (χ3v) is 3.51. The predicted octanol–water partition coefficient (Wildman–Crippen LogP) is 1.85. The number of amides is 2. The summed E-state index contributed by atoms with van der Waals surface area (Å²) < 4.78 is 5.54. The molecule has 1 aliphatic heterocycles. The molecule has 2 rings (SSSR count). The van der Waals surface area contributed by atoms with Crippen molar-refractivity contribution in [2.45, 2.75) is 26.7 Å². The summed E-state index contributed by atoms with van der Waals surface area (Å²) in [6.07, 6.45) is 2.03. The Morgan fingerprint density at radius 1 is 1.18 bits per heavy atom. The van der Waals surface area contributed by atoms with Crippen LogP contribution in [0.3, 0.4) is 0 Å². The Morgan fingerprint density at radius 3 is 2.45 bits per heavy atom. The normalized spacial score (nSPS) is 13.8. The van der Waals surface area contributed by atoms with E-state index in [0.29, 0.717) is 17.0 Å². The minimum absolute atomic E-state index is 0.0838. The van der Waals surface area contributed by atoms with Crippen LogP contribution < -0.4 is 10.1 Å². The van der Waals surface area contributed by atoms with Crippen LogP contribution in [0.2, 0.25) is 0 Å². The van der Waals surface area contributed by atoms with Crippen LogP contribution in [0.5, 0.6) is 5.75 Å². The summed E-state index contributed by atoms with van der Waals surface area (Å²) in [7, 11) is 0. The van der Waals surface area contributed by atoms with Crippen molar-refractivity contribution < 1.29 is 19.1 Å². The first-order valence-electron chi connectivity index (χ1n) is 7.30. The molecule has 1 fully saturated rings. The van der Waals surface area contributed by atoms with Gasteiger partial charge in [-0.05, 0) is 38.0 Å². The number of carbonyl (C=O) groups is 3. The van der Waals surface area contributed by atoms with E-state index in [4.69, 9.17) is 4.74 Å². The number of ketones is 1. The molecule has 0 atom stereocenters. The molecule has 118 valence electrons. The summed E-state index contributed by atoms with van der Waals surface area (Å²) >= 11 is 0. The lowest BCUT2D eigenvalue weighted by molar-refractivity contribution is -0.132. The molecule has 6 nitrogen and oxygen atoms in total. The number of nitrogens with zero attached hydrogens (tertiary/aromatic N) is 1. The first-order valence-corrected chi connectivity index (χ1v) is 7.30. The SMILES string of the molecule is CC(=O)Nc1ccc(C(C)=O)cc1OCC(=O)N1CCCC1. The number of carbonyl (C=O) groups excluding carboxylic acids is 3. The fraction of sp³-hybridized carbons (Fsp3) is 0.438. The van der Waals surface area contributed by atoms with Crippen LogP contribution in [0, 0.1) is 0 Å². The number of hydrogen-bond donors (Lipinski definition) is 1. The topological polar surface area (TPSA) is 75.7 Å².